The SMILES string of the molecule is CCCCCCCN(C(=O)CNC(=O)OC(C)(C)C)C(C(=O)NC(C)C)c1ccccc1O. The number of hydrogen-bond donors (Lipinski definition) is 3. The summed E-state index contributed by atoms with van der Waals surface area (Å²) in [5, 5.41) is 15.8. The van der Waals surface area contributed by atoms with Gasteiger partial charge in [0.15, 0.2) is 0 Å². The van der Waals surface area contributed by atoms with Crippen molar-refractivity contribution in [2.45, 2.75) is 91.3 Å². The lowest BCUT2D eigenvalue weighted by Crippen LogP contribution is -2.49. The molecule has 1 aromatic rings. The first-order valence-electron chi connectivity index (χ1n) is 11.8. The van der Waals surface area contributed by atoms with E-state index in [1.54, 1.807) is 39.0 Å². The van der Waals surface area contributed by atoms with Crippen LogP contribution >= 0.6 is 0 Å². The summed E-state index contributed by atoms with van der Waals surface area (Å²) in [4.78, 5) is 39.9. The molecule has 0 bridgehead atoms. The summed E-state index contributed by atoms with van der Waals surface area (Å²) in [6.07, 6.45) is 4.15. The van der Waals surface area contributed by atoms with Crippen LogP contribution in [0.4, 0.5) is 4.79 Å². The third-order valence-corrected chi connectivity index (χ3v) is 4.83. The van der Waals surface area contributed by atoms with Gasteiger partial charge in [-0.25, -0.2) is 4.79 Å². The van der Waals surface area contributed by atoms with Gasteiger partial charge in [0.05, 0.1) is 0 Å². The normalized spacial score (nSPS) is 12.2. The molecule has 0 heterocycles. The van der Waals surface area contributed by atoms with Crippen molar-refractivity contribution in [3.8, 4) is 5.75 Å². The Bertz CT molecular complexity index is 774. The molecule has 1 rings (SSSR count). The van der Waals surface area contributed by atoms with Gasteiger partial charge in [-0.1, -0.05) is 50.8 Å². The summed E-state index contributed by atoms with van der Waals surface area (Å²) in [5.74, 6) is -0.875. The van der Waals surface area contributed by atoms with Gasteiger partial charge < -0.3 is 25.4 Å². The minimum Gasteiger partial charge on any atom is -0.508 e. The Balaban J connectivity index is 3.16. The van der Waals surface area contributed by atoms with Gasteiger partial charge in [-0.15, -0.1) is 0 Å². The number of carbonyl (C=O) groups is 3. The van der Waals surface area contributed by atoms with Crippen molar-refractivity contribution in [2.24, 2.45) is 0 Å². The fourth-order valence-electron chi connectivity index (χ4n) is 3.38. The zero-order chi connectivity index (χ0) is 25.0. The molecule has 186 valence electrons. The minimum atomic E-state index is -1.02. The molecule has 1 atom stereocenters. The maximum absolute atomic E-state index is 13.2. The van der Waals surface area contributed by atoms with Crippen LogP contribution in [0.1, 0.15) is 85.3 Å². The Morgan fingerprint density at radius 3 is 2.27 bits per heavy atom. The topological polar surface area (TPSA) is 108 Å². The van der Waals surface area contributed by atoms with Crippen molar-refractivity contribution in [1.82, 2.24) is 15.5 Å². The number of unbranched alkanes of at least 4 members (excludes halogenated alkanes) is 4. The number of benzene rings is 1. The second-order valence-electron chi connectivity index (χ2n) is 9.48. The van der Waals surface area contributed by atoms with Gasteiger partial charge in [0, 0.05) is 18.2 Å². The van der Waals surface area contributed by atoms with E-state index in [0.29, 0.717) is 18.5 Å². The van der Waals surface area contributed by atoms with E-state index in [2.05, 4.69) is 17.6 Å². The Labute approximate surface area is 198 Å². The van der Waals surface area contributed by atoms with E-state index in [-0.39, 0.29) is 24.2 Å². The molecule has 33 heavy (non-hydrogen) atoms. The number of nitrogens with one attached hydrogen (secondary N) is 2. The molecule has 0 fully saturated rings. The van der Waals surface area contributed by atoms with Crippen molar-refractivity contribution < 1.29 is 24.2 Å². The third-order valence-electron chi connectivity index (χ3n) is 4.83. The number of amides is 3. The lowest BCUT2D eigenvalue weighted by molar-refractivity contribution is -0.140. The number of para-hydroxylation sites is 1. The highest BCUT2D eigenvalue weighted by molar-refractivity contribution is 5.91. The van der Waals surface area contributed by atoms with Crippen LogP contribution in [0.5, 0.6) is 5.75 Å². The van der Waals surface area contributed by atoms with Crippen molar-refractivity contribution in [3.05, 3.63) is 29.8 Å². The molecule has 0 aliphatic heterocycles. The quantitative estimate of drug-likeness (QED) is 0.401. The van der Waals surface area contributed by atoms with Crippen LogP contribution in [-0.4, -0.2) is 52.6 Å². The third kappa shape index (κ3) is 10.6. The van der Waals surface area contributed by atoms with Gasteiger partial charge in [-0.05, 0) is 47.1 Å². The molecule has 8 heteroatoms. The molecule has 8 nitrogen and oxygen atoms in total. The summed E-state index contributed by atoms with van der Waals surface area (Å²) in [6, 6.07) is 5.34. The summed E-state index contributed by atoms with van der Waals surface area (Å²) in [5.41, 5.74) is -0.350. The second-order valence-corrected chi connectivity index (χ2v) is 9.48. The van der Waals surface area contributed by atoms with E-state index in [1.807, 2.05) is 13.8 Å². The predicted octanol–water partition coefficient (Wildman–Crippen LogP) is 4.28. The monoisotopic (exact) mass is 463 g/mol. The summed E-state index contributed by atoms with van der Waals surface area (Å²) >= 11 is 0. The Morgan fingerprint density at radius 2 is 1.70 bits per heavy atom. The maximum atomic E-state index is 13.2. The van der Waals surface area contributed by atoms with Crippen LogP contribution in [0.25, 0.3) is 0 Å². The molecule has 3 amide bonds. The van der Waals surface area contributed by atoms with Crippen molar-refractivity contribution in [1.29, 1.82) is 0 Å². The molecule has 0 spiro atoms. The Kier molecular flexibility index (Phi) is 11.7. The van der Waals surface area contributed by atoms with E-state index in [9.17, 15) is 19.5 Å². The van der Waals surface area contributed by atoms with E-state index < -0.39 is 23.6 Å². The summed E-state index contributed by atoms with van der Waals surface area (Å²) < 4.78 is 5.22. The maximum Gasteiger partial charge on any atom is 0.408 e. The number of aromatic hydroxyl groups is 1. The summed E-state index contributed by atoms with van der Waals surface area (Å²) in [7, 11) is 0. The molecule has 1 unspecified atom stereocenters. The number of phenolic OH excluding ortho intramolecular Hbond substituents is 1. The molecule has 0 saturated heterocycles. The first-order chi connectivity index (χ1) is 15.5. The van der Waals surface area contributed by atoms with Crippen LogP contribution in [0.15, 0.2) is 24.3 Å². The fraction of sp³-hybridized carbons (Fsp3) is 0.640. The molecule has 3 N–H and O–H groups in total. The number of hydrogen-bond acceptors (Lipinski definition) is 5. The van der Waals surface area contributed by atoms with E-state index in [0.717, 1.165) is 25.7 Å². The number of alkyl carbamates (subject to hydrolysis) is 1. The summed E-state index contributed by atoms with van der Waals surface area (Å²) in [6.45, 7) is 11.0. The number of ether oxygens (including phenoxy) is 1. The first kappa shape index (κ1) is 28.3. The van der Waals surface area contributed by atoms with Gasteiger partial charge >= 0.3 is 6.09 Å². The van der Waals surface area contributed by atoms with Crippen LogP contribution in [0, 0.1) is 0 Å². The van der Waals surface area contributed by atoms with Gasteiger partial charge in [0.1, 0.15) is 23.9 Å². The number of rotatable bonds is 12. The smallest absolute Gasteiger partial charge is 0.408 e. The zero-order valence-electron chi connectivity index (χ0n) is 20.9. The number of carbonyl (C=O) groups excluding carboxylic acids is 3. The van der Waals surface area contributed by atoms with Crippen molar-refractivity contribution in [2.75, 3.05) is 13.1 Å². The van der Waals surface area contributed by atoms with Crippen LogP contribution < -0.4 is 10.6 Å². The fourth-order valence-corrected chi connectivity index (χ4v) is 3.38. The van der Waals surface area contributed by atoms with Crippen LogP contribution in [0.3, 0.4) is 0 Å². The highest BCUT2D eigenvalue weighted by Crippen LogP contribution is 2.29. The van der Waals surface area contributed by atoms with Gasteiger partial charge in [0.25, 0.3) is 0 Å². The lowest BCUT2D eigenvalue weighted by atomic mass is 10.0. The zero-order valence-corrected chi connectivity index (χ0v) is 20.9. The molecule has 1 aromatic carbocycles. The Morgan fingerprint density at radius 1 is 1.06 bits per heavy atom. The molecular weight excluding hydrogens is 422 g/mol. The van der Waals surface area contributed by atoms with Gasteiger partial charge in [-0.3, -0.25) is 9.59 Å². The molecule has 0 aliphatic carbocycles. The largest absolute Gasteiger partial charge is 0.508 e. The minimum absolute atomic E-state index is 0.0645. The standard InChI is InChI=1S/C25H41N3O5/c1-7-8-9-10-13-16-28(21(30)17-26-24(32)33-25(4,5)6)22(23(31)27-18(2)3)19-14-11-12-15-20(19)29/h11-12,14-15,18,22,29H,7-10,13,16-17H2,1-6H3,(H,26,32)(H,27,31). The molecule has 0 radical (unpaired) electrons. The molecular formula is C25H41N3O5. The average molecular weight is 464 g/mol. The molecule has 0 saturated carbocycles. The predicted molar refractivity (Wildman–Crippen MR) is 129 cm³/mol. The van der Waals surface area contributed by atoms with Gasteiger partial charge in [-0.2, -0.15) is 0 Å². The van der Waals surface area contributed by atoms with E-state index in [1.165, 1.54) is 11.0 Å². The highest BCUT2D eigenvalue weighted by Gasteiger charge is 2.33. The van der Waals surface area contributed by atoms with Gasteiger partial charge in [0.2, 0.25) is 11.8 Å². The average Bonchev–Trinajstić information content (AvgIpc) is 2.70. The lowest BCUT2D eigenvalue weighted by Gasteiger charge is -2.32. The molecule has 0 aromatic heterocycles. The highest BCUT2D eigenvalue weighted by atomic mass is 16.6. The van der Waals surface area contributed by atoms with Crippen molar-refractivity contribution >= 4 is 17.9 Å². The van der Waals surface area contributed by atoms with Crippen LogP contribution in [-0.2, 0) is 14.3 Å². The van der Waals surface area contributed by atoms with Crippen LogP contribution in [0.2, 0.25) is 0 Å². The number of phenols is 1. The van der Waals surface area contributed by atoms with Crippen molar-refractivity contribution in [3.63, 3.8) is 0 Å². The molecule has 0 aliphatic rings. The van der Waals surface area contributed by atoms with E-state index in [4.69, 9.17) is 4.74 Å². The number of nitrogens with zero attached hydrogens (tertiary/aromatic N) is 1. The van der Waals surface area contributed by atoms with E-state index >= 15 is 0 Å². The Hall–Kier alpha value is -2.77. The second kappa shape index (κ2) is 13.7. The first-order valence-corrected chi connectivity index (χ1v) is 11.8.